The minimum Gasteiger partial charge on any atom is -0.338 e. The Hall–Kier alpha value is -1.02. The highest BCUT2D eigenvalue weighted by molar-refractivity contribution is 9.10. The second kappa shape index (κ2) is 4.46. The maximum atomic E-state index is 3.55. The molecule has 0 radical (unpaired) electrons. The van der Waals surface area contributed by atoms with Crippen molar-refractivity contribution in [3.63, 3.8) is 0 Å². The summed E-state index contributed by atoms with van der Waals surface area (Å²) in [7, 11) is 0. The average Bonchev–Trinajstić information content (AvgIpc) is 2.57. The molecule has 2 rings (SSSR count). The first kappa shape index (κ1) is 11.5. The number of halogens is 1. The molecule has 0 amide bonds. The Morgan fingerprint density at radius 3 is 2.25 bits per heavy atom. The maximum Gasteiger partial charge on any atom is 0.0849 e. The molecule has 0 aliphatic heterocycles. The molecule has 0 N–H and O–H groups in total. The van der Waals surface area contributed by atoms with E-state index < -0.39 is 0 Å². The molecular weight excluding hydrogens is 262 g/mol. The number of nitrogens with zero attached hydrogens (tertiary/aromatic N) is 1. The molecule has 0 atom stereocenters. The first-order valence-electron chi connectivity index (χ1n) is 5.45. The van der Waals surface area contributed by atoms with Gasteiger partial charge in [-0.05, 0) is 65.5 Å². The van der Waals surface area contributed by atoms with E-state index in [0.29, 0.717) is 0 Å². The Bertz CT molecular complexity index is 488. The minimum absolute atomic E-state index is 0.936. The maximum absolute atomic E-state index is 3.55. The highest BCUT2D eigenvalue weighted by Crippen LogP contribution is 2.20. The quantitative estimate of drug-likeness (QED) is 0.775. The number of rotatable bonds is 2. The summed E-state index contributed by atoms with van der Waals surface area (Å²) >= 11 is 3.55. The lowest BCUT2D eigenvalue weighted by atomic mass is 10.00. The zero-order valence-electron chi connectivity index (χ0n) is 9.92. The van der Waals surface area contributed by atoms with Crippen LogP contribution >= 0.6 is 15.9 Å². The number of hydrogen-bond acceptors (Lipinski definition) is 0. The van der Waals surface area contributed by atoms with Crippen LogP contribution < -0.4 is 0 Å². The van der Waals surface area contributed by atoms with E-state index in [1.165, 1.54) is 22.3 Å². The molecule has 84 valence electrons. The van der Waals surface area contributed by atoms with Crippen LogP contribution in [0.25, 0.3) is 0 Å². The van der Waals surface area contributed by atoms with Gasteiger partial charge in [0.1, 0.15) is 0 Å². The minimum atomic E-state index is 0.936. The van der Waals surface area contributed by atoms with Crippen molar-refractivity contribution in [3.8, 4) is 0 Å². The first-order chi connectivity index (χ1) is 7.58. The molecular formula is C14H16BrN. The van der Waals surface area contributed by atoms with Gasteiger partial charge in [0.2, 0.25) is 0 Å². The van der Waals surface area contributed by atoms with Crippen LogP contribution in [-0.4, -0.2) is 4.57 Å². The molecule has 2 aromatic rings. The van der Waals surface area contributed by atoms with Gasteiger partial charge in [0, 0.05) is 12.7 Å². The molecule has 0 unspecified atom stereocenters. The molecule has 0 bridgehead atoms. The fourth-order valence-corrected chi connectivity index (χ4v) is 2.55. The van der Waals surface area contributed by atoms with E-state index >= 15 is 0 Å². The molecule has 0 aliphatic rings. The van der Waals surface area contributed by atoms with E-state index in [9.17, 15) is 0 Å². The molecule has 0 saturated heterocycles. The van der Waals surface area contributed by atoms with E-state index in [1.54, 1.807) is 0 Å². The van der Waals surface area contributed by atoms with Crippen molar-refractivity contribution in [2.24, 2.45) is 0 Å². The zero-order valence-corrected chi connectivity index (χ0v) is 11.5. The van der Waals surface area contributed by atoms with Crippen LogP contribution in [0, 0.1) is 20.8 Å². The van der Waals surface area contributed by atoms with Crippen LogP contribution in [-0.2, 0) is 6.54 Å². The molecule has 0 fully saturated rings. The summed E-state index contributed by atoms with van der Waals surface area (Å²) in [6.07, 6.45) is 2.10. The summed E-state index contributed by atoms with van der Waals surface area (Å²) in [5.74, 6) is 0. The van der Waals surface area contributed by atoms with Gasteiger partial charge >= 0.3 is 0 Å². The standard InChI is InChI=1S/C14H16BrN/c1-10-7-11(2)13(12(3)8-10)9-16-6-4-5-14(16)15/h4-8H,9H2,1-3H3. The van der Waals surface area contributed by atoms with Gasteiger partial charge in [-0.25, -0.2) is 0 Å². The topological polar surface area (TPSA) is 4.93 Å². The number of hydrogen-bond donors (Lipinski definition) is 0. The molecule has 0 aliphatic carbocycles. The number of benzene rings is 1. The molecule has 1 aromatic heterocycles. The van der Waals surface area contributed by atoms with Gasteiger partial charge in [-0.2, -0.15) is 0 Å². The van der Waals surface area contributed by atoms with Crippen molar-refractivity contribution in [1.82, 2.24) is 4.57 Å². The van der Waals surface area contributed by atoms with Crippen molar-refractivity contribution in [3.05, 3.63) is 57.3 Å². The molecule has 1 heterocycles. The van der Waals surface area contributed by atoms with Crippen molar-refractivity contribution >= 4 is 15.9 Å². The number of aryl methyl sites for hydroxylation is 3. The van der Waals surface area contributed by atoms with E-state index in [2.05, 4.69) is 71.7 Å². The van der Waals surface area contributed by atoms with Gasteiger partial charge in [0.05, 0.1) is 4.60 Å². The molecule has 16 heavy (non-hydrogen) atoms. The zero-order chi connectivity index (χ0) is 11.7. The number of aromatic nitrogens is 1. The second-order valence-corrected chi connectivity index (χ2v) is 5.15. The van der Waals surface area contributed by atoms with Crippen LogP contribution in [0.1, 0.15) is 22.3 Å². The van der Waals surface area contributed by atoms with Gasteiger partial charge in [0.15, 0.2) is 0 Å². The average molecular weight is 278 g/mol. The Balaban J connectivity index is 2.39. The summed E-state index contributed by atoms with van der Waals surface area (Å²) in [6.45, 7) is 7.46. The summed E-state index contributed by atoms with van der Waals surface area (Å²) in [6, 6.07) is 8.63. The van der Waals surface area contributed by atoms with Crippen LogP contribution in [0.4, 0.5) is 0 Å². The van der Waals surface area contributed by atoms with Crippen LogP contribution in [0.15, 0.2) is 35.1 Å². The lowest BCUT2D eigenvalue weighted by Gasteiger charge is -2.13. The smallest absolute Gasteiger partial charge is 0.0849 e. The summed E-state index contributed by atoms with van der Waals surface area (Å²) in [5.41, 5.74) is 5.50. The molecule has 1 nitrogen and oxygen atoms in total. The van der Waals surface area contributed by atoms with Gasteiger partial charge in [0.25, 0.3) is 0 Å². The Morgan fingerprint density at radius 1 is 1.12 bits per heavy atom. The monoisotopic (exact) mass is 277 g/mol. The third kappa shape index (κ3) is 2.22. The van der Waals surface area contributed by atoms with Crippen LogP contribution in [0.2, 0.25) is 0 Å². The second-order valence-electron chi connectivity index (χ2n) is 4.34. The lowest BCUT2D eigenvalue weighted by molar-refractivity contribution is 0.777. The largest absolute Gasteiger partial charge is 0.338 e. The molecule has 0 spiro atoms. The highest BCUT2D eigenvalue weighted by Gasteiger charge is 2.05. The molecule has 2 heteroatoms. The normalized spacial score (nSPS) is 10.8. The summed E-state index contributed by atoms with van der Waals surface area (Å²) in [5, 5.41) is 0. The van der Waals surface area contributed by atoms with Gasteiger partial charge < -0.3 is 4.57 Å². The first-order valence-corrected chi connectivity index (χ1v) is 6.24. The predicted octanol–water partition coefficient (Wildman–Crippen LogP) is 4.22. The van der Waals surface area contributed by atoms with Crippen molar-refractivity contribution in [1.29, 1.82) is 0 Å². The Kier molecular flexibility index (Phi) is 3.20. The summed E-state index contributed by atoms with van der Waals surface area (Å²) < 4.78 is 3.34. The lowest BCUT2D eigenvalue weighted by Crippen LogP contribution is -2.03. The molecule has 0 saturated carbocycles. The fourth-order valence-electron chi connectivity index (χ4n) is 2.15. The van der Waals surface area contributed by atoms with Gasteiger partial charge in [-0.15, -0.1) is 0 Å². The summed E-state index contributed by atoms with van der Waals surface area (Å²) in [4.78, 5) is 0. The van der Waals surface area contributed by atoms with Crippen LogP contribution in [0.3, 0.4) is 0 Å². The van der Waals surface area contributed by atoms with Crippen molar-refractivity contribution in [2.45, 2.75) is 27.3 Å². The van der Waals surface area contributed by atoms with E-state index in [-0.39, 0.29) is 0 Å². The van der Waals surface area contributed by atoms with Gasteiger partial charge in [-0.3, -0.25) is 0 Å². The van der Waals surface area contributed by atoms with E-state index in [0.717, 1.165) is 11.1 Å². The van der Waals surface area contributed by atoms with Gasteiger partial charge in [-0.1, -0.05) is 17.7 Å². The third-order valence-corrected chi connectivity index (χ3v) is 3.66. The Labute approximate surface area is 105 Å². The SMILES string of the molecule is Cc1cc(C)c(Cn2cccc2Br)c(C)c1. The third-order valence-electron chi connectivity index (χ3n) is 2.94. The van der Waals surface area contributed by atoms with Crippen molar-refractivity contribution < 1.29 is 0 Å². The van der Waals surface area contributed by atoms with E-state index in [4.69, 9.17) is 0 Å². The fraction of sp³-hybridized carbons (Fsp3) is 0.286. The van der Waals surface area contributed by atoms with Crippen molar-refractivity contribution in [2.75, 3.05) is 0 Å². The highest BCUT2D eigenvalue weighted by atomic mass is 79.9. The molecule has 1 aromatic carbocycles. The predicted molar refractivity (Wildman–Crippen MR) is 71.9 cm³/mol. The van der Waals surface area contributed by atoms with Crippen LogP contribution in [0.5, 0.6) is 0 Å². The van der Waals surface area contributed by atoms with E-state index in [1.807, 2.05) is 0 Å². The Morgan fingerprint density at radius 2 is 1.75 bits per heavy atom.